The highest BCUT2D eigenvalue weighted by Gasteiger charge is 2.21. The van der Waals surface area contributed by atoms with Crippen LogP contribution in [-0.2, 0) is 0 Å². The minimum absolute atomic E-state index is 0.0222. The van der Waals surface area contributed by atoms with Gasteiger partial charge in [-0.25, -0.2) is 4.39 Å². The van der Waals surface area contributed by atoms with Crippen LogP contribution in [0.1, 0.15) is 18.4 Å². The molecule has 124 valence electrons. The Kier molecular flexibility index (Phi) is 5.22. The summed E-state index contributed by atoms with van der Waals surface area (Å²) < 4.78 is 19.3. The fraction of sp³-hybridized carbons (Fsp3) is 0.316. The highest BCUT2D eigenvalue weighted by Crippen LogP contribution is 2.30. The van der Waals surface area contributed by atoms with Gasteiger partial charge in [0.15, 0.2) is 0 Å². The van der Waals surface area contributed by atoms with Crippen LogP contribution in [0, 0.1) is 23.1 Å². The van der Waals surface area contributed by atoms with Gasteiger partial charge in [0.25, 0.3) is 0 Å². The highest BCUT2D eigenvalue weighted by atomic mass is 35.5. The van der Waals surface area contributed by atoms with Crippen molar-refractivity contribution in [1.82, 2.24) is 0 Å². The van der Waals surface area contributed by atoms with Gasteiger partial charge in [-0.1, -0.05) is 29.8 Å². The summed E-state index contributed by atoms with van der Waals surface area (Å²) in [6.45, 7) is 2.31. The Labute approximate surface area is 146 Å². The summed E-state index contributed by atoms with van der Waals surface area (Å²) >= 11 is 6.25. The molecule has 5 heteroatoms. The van der Waals surface area contributed by atoms with Crippen LogP contribution in [0.25, 0.3) is 0 Å². The number of rotatable bonds is 4. The van der Waals surface area contributed by atoms with E-state index in [-0.39, 0.29) is 5.56 Å². The van der Waals surface area contributed by atoms with E-state index in [1.54, 1.807) is 12.1 Å². The first kappa shape index (κ1) is 16.6. The minimum Gasteiger partial charge on any atom is -0.492 e. The molecule has 0 saturated carbocycles. The van der Waals surface area contributed by atoms with Gasteiger partial charge in [0.2, 0.25) is 0 Å². The summed E-state index contributed by atoms with van der Waals surface area (Å²) in [6.07, 6.45) is 1.95. The number of ether oxygens (including phenoxy) is 1. The predicted octanol–water partition coefficient (Wildman–Crippen LogP) is 4.65. The Morgan fingerprint density at radius 3 is 2.62 bits per heavy atom. The van der Waals surface area contributed by atoms with Gasteiger partial charge in [-0.3, -0.25) is 0 Å². The van der Waals surface area contributed by atoms with Gasteiger partial charge in [0.05, 0.1) is 17.3 Å². The third-order valence-corrected chi connectivity index (χ3v) is 4.69. The second kappa shape index (κ2) is 7.55. The lowest BCUT2D eigenvalue weighted by molar-refractivity contribution is 0.221. The molecule has 0 radical (unpaired) electrons. The maximum Gasteiger partial charge on any atom is 0.144 e. The molecule has 0 amide bonds. The Morgan fingerprint density at radius 2 is 1.92 bits per heavy atom. The molecule has 0 bridgehead atoms. The number of nitrogens with zero attached hydrogens (tertiary/aromatic N) is 2. The zero-order chi connectivity index (χ0) is 16.9. The molecule has 1 fully saturated rings. The molecular weight excluding hydrogens is 327 g/mol. The first-order chi connectivity index (χ1) is 11.7. The molecule has 1 aliphatic rings. The van der Waals surface area contributed by atoms with E-state index < -0.39 is 5.82 Å². The molecule has 3 nitrogen and oxygen atoms in total. The SMILES string of the molecule is N#Cc1c(F)cccc1OCC1CCN(c2ccccc2Cl)CC1. The number of hydrogen-bond donors (Lipinski definition) is 0. The number of nitriles is 1. The molecule has 0 aromatic heterocycles. The van der Waals surface area contributed by atoms with Gasteiger partial charge in [-0.15, -0.1) is 0 Å². The standard InChI is InChI=1S/C19H18ClFN2O/c20-16-4-1-2-6-18(16)23-10-8-14(9-11-23)13-24-19-7-3-5-17(21)15(19)12-22/h1-7,14H,8-11,13H2. The van der Waals surface area contributed by atoms with Gasteiger partial charge in [0, 0.05) is 13.1 Å². The zero-order valence-corrected chi connectivity index (χ0v) is 14.0. The molecule has 0 unspecified atom stereocenters. The second-order valence-electron chi connectivity index (χ2n) is 5.92. The molecule has 2 aromatic rings. The number of hydrogen-bond acceptors (Lipinski definition) is 3. The quantitative estimate of drug-likeness (QED) is 0.810. The largest absolute Gasteiger partial charge is 0.492 e. The smallest absolute Gasteiger partial charge is 0.144 e. The molecule has 2 aromatic carbocycles. The summed E-state index contributed by atoms with van der Waals surface area (Å²) in [5.41, 5.74) is 1.04. The third kappa shape index (κ3) is 3.63. The lowest BCUT2D eigenvalue weighted by Gasteiger charge is -2.34. The Bertz CT molecular complexity index is 751. The molecule has 3 rings (SSSR count). The normalized spacial score (nSPS) is 15.1. The van der Waals surface area contributed by atoms with Crippen LogP contribution in [-0.4, -0.2) is 19.7 Å². The van der Waals surface area contributed by atoms with Crippen molar-refractivity contribution in [2.75, 3.05) is 24.6 Å². The van der Waals surface area contributed by atoms with Crippen LogP contribution in [0.15, 0.2) is 42.5 Å². The number of benzene rings is 2. The summed E-state index contributed by atoms with van der Waals surface area (Å²) in [4.78, 5) is 2.28. The van der Waals surface area contributed by atoms with Crippen molar-refractivity contribution in [3.8, 4) is 11.8 Å². The first-order valence-corrected chi connectivity index (χ1v) is 8.37. The van der Waals surface area contributed by atoms with Crippen LogP contribution >= 0.6 is 11.6 Å². The number of halogens is 2. The highest BCUT2D eigenvalue weighted by molar-refractivity contribution is 6.33. The maximum atomic E-state index is 13.6. The lowest BCUT2D eigenvalue weighted by Crippen LogP contribution is -2.35. The molecule has 1 heterocycles. The van der Waals surface area contributed by atoms with E-state index in [4.69, 9.17) is 21.6 Å². The summed E-state index contributed by atoms with van der Waals surface area (Å²) in [7, 11) is 0. The molecule has 0 spiro atoms. The van der Waals surface area contributed by atoms with Crippen molar-refractivity contribution in [1.29, 1.82) is 5.26 Å². The van der Waals surface area contributed by atoms with Crippen LogP contribution in [0.5, 0.6) is 5.75 Å². The summed E-state index contributed by atoms with van der Waals surface area (Å²) in [5, 5.41) is 9.80. The van der Waals surface area contributed by atoms with E-state index in [9.17, 15) is 4.39 Å². The Morgan fingerprint density at radius 1 is 1.17 bits per heavy atom. The van der Waals surface area contributed by atoms with E-state index in [1.807, 2.05) is 30.3 Å². The average Bonchev–Trinajstić information content (AvgIpc) is 2.61. The molecule has 0 atom stereocenters. The van der Waals surface area contributed by atoms with Crippen molar-refractivity contribution in [3.05, 3.63) is 58.9 Å². The van der Waals surface area contributed by atoms with Gasteiger partial charge < -0.3 is 9.64 Å². The van der Waals surface area contributed by atoms with Gasteiger partial charge in [-0.2, -0.15) is 5.26 Å². The van der Waals surface area contributed by atoms with Crippen LogP contribution in [0.2, 0.25) is 5.02 Å². The third-order valence-electron chi connectivity index (χ3n) is 4.37. The topological polar surface area (TPSA) is 36.3 Å². The van der Waals surface area contributed by atoms with Crippen molar-refractivity contribution in [2.24, 2.45) is 5.92 Å². The molecule has 1 saturated heterocycles. The maximum absolute atomic E-state index is 13.6. The van der Waals surface area contributed by atoms with Crippen molar-refractivity contribution >= 4 is 17.3 Å². The molecule has 24 heavy (non-hydrogen) atoms. The molecular formula is C19H18ClFN2O. The first-order valence-electron chi connectivity index (χ1n) is 8.00. The van der Waals surface area contributed by atoms with Gasteiger partial charge in [0.1, 0.15) is 23.2 Å². The minimum atomic E-state index is -0.538. The molecule has 1 aliphatic heterocycles. The summed E-state index contributed by atoms with van der Waals surface area (Å²) in [5.74, 6) is 0.174. The number of para-hydroxylation sites is 1. The van der Waals surface area contributed by atoms with E-state index in [2.05, 4.69) is 4.90 Å². The number of anilines is 1. The van der Waals surface area contributed by atoms with Crippen LogP contribution < -0.4 is 9.64 Å². The summed E-state index contributed by atoms with van der Waals surface area (Å²) in [6, 6.07) is 14.2. The number of piperidine rings is 1. The van der Waals surface area contributed by atoms with Crippen LogP contribution in [0.4, 0.5) is 10.1 Å². The van der Waals surface area contributed by atoms with Crippen molar-refractivity contribution in [3.63, 3.8) is 0 Å². The van der Waals surface area contributed by atoms with E-state index in [0.29, 0.717) is 18.3 Å². The predicted molar refractivity (Wildman–Crippen MR) is 93.0 cm³/mol. The van der Waals surface area contributed by atoms with Crippen LogP contribution in [0.3, 0.4) is 0 Å². The van der Waals surface area contributed by atoms with Crippen molar-refractivity contribution < 1.29 is 9.13 Å². The molecule has 0 N–H and O–H groups in total. The monoisotopic (exact) mass is 344 g/mol. The Balaban J connectivity index is 1.56. The van der Waals surface area contributed by atoms with E-state index >= 15 is 0 Å². The Hall–Kier alpha value is -2.25. The van der Waals surface area contributed by atoms with Gasteiger partial charge >= 0.3 is 0 Å². The lowest BCUT2D eigenvalue weighted by atomic mass is 9.97. The fourth-order valence-electron chi connectivity index (χ4n) is 2.99. The van der Waals surface area contributed by atoms with E-state index in [0.717, 1.165) is 36.6 Å². The van der Waals surface area contributed by atoms with Gasteiger partial charge in [-0.05, 0) is 43.0 Å². The second-order valence-corrected chi connectivity index (χ2v) is 6.32. The van der Waals surface area contributed by atoms with E-state index in [1.165, 1.54) is 6.07 Å². The molecule has 0 aliphatic carbocycles. The zero-order valence-electron chi connectivity index (χ0n) is 13.2. The average molecular weight is 345 g/mol. The van der Waals surface area contributed by atoms with Crippen molar-refractivity contribution in [2.45, 2.75) is 12.8 Å². The fourth-order valence-corrected chi connectivity index (χ4v) is 3.24.